The molecule has 1 heterocycles. The predicted molar refractivity (Wildman–Crippen MR) is 101 cm³/mol. The number of para-hydroxylation sites is 1. The molecule has 0 radical (unpaired) electrons. The lowest BCUT2D eigenvalue weighted by molar-refractivity contribution is 0.0603. The number of aromatic nitrogens is 1. The minimum Gasteiger partial charge on any atom is -0.465 e. The fourth-order valence-electron chi connectivity index (χ4n) is 3.25. The normalized spacial score (nSPS) is 10.8. The molecule has 0 fully saturated rings. The summed E-state index contributed by atoms with van der Waals surface area (Å²) in [6, 6.07) is 20.6. The van der Waals surface area contributed by atoms with Crippen LogP contribution in [0.3, 0.4) is 0 Å². The van der Waals surface area contributed by atoms with Crippen molar-refractivity contribution in [3.05, 3.63) is 77.9 Å². The lowest BCUT2D eigenvalue weighted by Gasteiger charge is -2.14. The molecular weight excluding hydrogens is 326 g/mol. The van der Waals surface area contributed by atoms with Crippen LogP contribution in [0.2, 0.25) is 0 Å². The van der Waals surface area contributed by atoms with Crippen LogP contribution in [0.4, 0.5) is 0 Å². The van der Waals surface area contributed by atoms with Crippen molar-refractivity contribution < 1.29 is 14.3 Å². The molecule has 0 aliphatic heterocycles. The third kappa shape index (κ3) is 2.52. The number of carbonyl (C=O) groups excluding carboxylic acids is 2. The van der Waals surface area contributed by atoms with E-state index in [-0.39, 0.29) is 0 Å². The molecule has 0 unspecified atom stereocenters. The van der Waals surface area contributed by atoms with Crippen molar-refractivity contribution in [1.29, 1.82) is 0 Å². The largest absolute Gasteiger partial charge is 0.465 e. The lowest BCUT2D eigenvalue weighted by atomic mass is 9.93. The molecule has 0 amide bonds. The molecule has 1 aromatic heterocycles. The number of rotatable bonds is 3. The minimum absolute atomic E-state index is 0.404. The Morgan fingerprint density at radius 1 is 0.923 bits per heavy atom. The number of pyridine rings is 1. The Morgan fingerprint density at radius 3 is 2.38 bits per heavy atom. The fraction of sp³-hybridized carbons (Fsp3) is 0.0455. The third-order valence-electron chi connectivity index (χ3n) is 4.45. The monoisotopic (exact) mass is 341 g/mol. The molecule has 0 saturated carbocycles. The number of nitrogens with zero attached hydrogens (tertiary/aromatic N) is 1. The summed E-state index contributed by atoms with van der Waals surface area (Å²) >= 11 is 0. The molecule has 0 bridgehead atoms. The SMILES string of the molecule is COC(=O)c1cccc2nc3ccccc3c(-c3ccc(C=O)cc3)c12. The number of ether oxygens (including phenoxy) is 1. The zero-order valence-electron chi connectivity index (χ0n) is 14.1. The zero-order valence-corrected chi connectivity index (χ0v) is 14.1. The highest BCUT2D eigenvalue weighted by molar-refractivity contribution is 6.16. The van der Waals surface area contributed by atoms with Crippen LogP contribution in [-0.2, 0) is 4.74 Å². The van der Waals surface area contributed by atoms with Crippen LogP contribution in [-0.4, -0.2) is 24.3 Å². The second-order valence-corrected chi connectivity index (χ2v) is 5.94. The highest BCUT2D eigenvalue weighted by Gasteiger charge is 2.18. The number of methoxy groups -OCH3 is 1. The van der Waals surface area contributed by atoms with E-state index in [2.05, 4.69) is 0 Å². The Labute approximate surface area is 150 Å². The van der Waals surface area contributed by atoms with Crippen LogP contribution in [0.15, 0.2) is 66.7 Å². The third-order valence-corrected chi connectivity index (χ3v) is 4.45. The molecule has 4 rings (SSSR count). The highest BCUT2D eigenvalue weighted by atomic mass is 16.5. The molecule has 0 N–H and O–H groups in total. The van der Waals surface area contributed by atoms with Crippen molar-refractivity contribution in [3.8, 4) is 11.1 Å². The number of aldehydes is 1. The van der Waals surface area contributed by atoms with Gasteiger partial charge in [0, 0.05) is 21.9 Å². The maximum Gasteiger partial charge on any atom is 0.338 e. The smallest absolute Gasteiger partial charge is 0.338 e. The predicted octanol–water partition coefficient (Wildman–Crippen LogP) is 4.65. The minimum atomic E-state index is -0.404. The first kappa shape index (κ1) is 16.0. The molecule has 4 aromatic rings. The van der Waals surface area contributed by atoms with Crippen LogP contribution >= 0.6 is 0 Å². The van der Waals surface area contributed by atoms with Crippen molar-refractivity contribution in [1.82, 2.24) is 4.98 Å². The molecule has 26 heavy (non-hydrogen) atoms. The van der Waals surface area contributed by atoms with Crippen LogP contribution in [0.25, 0.3) is 32.9 Å². The summed E-state index contributed by atoms with van der Waals surface area (Å²) in [6.07, 6.45) is 0.812. The number of fused-ring (bicyclic) bond motifs is 2. The van der Waals surface area contributed by atoms with Gasteiger partial charge >= 0.3 is 5.97 Å². The Morgan fingerprint density at radius 2 is 1.65 bits per heavy atom. The van der Waals surface area contributed by atoms with E-state index in [4.69, 9.17) is 9.72 Å². The van der Waals surface area contributed by atoms with E-state index < -0.39 is 5.97 Å². The van der Waals surface area contributed by atoms with Gasteiger partial charge in [-0.2, -0.15) is 0 Å². The standard InChI is InChI=1S/C22H15NO3/c1-26-22(25)17-6-4-8-19-21(17)20(15-11-9-14(13-24)10-12-15)16-5-2-3-7-18(16)23-19/h2-13H,1H3. The second-order valence-electron chi connectivity index (χ2n) is 5.94. The van der Waals surface area contributed by atoms with Gasteiger partial charge in [-0.25, -0.2) is 9.78 Å². The number of benzene rings is 3. The van der Waals surface area contributed by atoms with Gasteiger partial charge in [-0.15, -0.1) is 0 Å². The number of hydrogen-bond donors (Lipinski definition) is 0. The van der Waals surface area contributed by atoms with E-state index in [1.54, 1.807) is 24.3 Å². The summed E-state index contributed by atoms with van der Waals surface area (Å²) in [6.45, 7) is 0. The molecule has 3 aromatic carbocycles. The van der Waals surface area contributed by atoms with Gasteiger partial charge in [0.2, 0.25) is 0 Å². The summed E-state index contributed by atoms with van der Waals surface area (Å²) in [4.78, 5) is 28.1. The Hall–Kier alpha value is -3.53. The van der Waals surface area contributed by atoms with Gasteiger partial charge in [0.15, 0.2) is 0 Å². The van der Waals surface area contributed by atoms with Gasteiger partial charge in [-0.1, -0.05) is 48.5 Å². The molecule has 0 saturated heterocycles. The Bertz CT molecular complexity index is 1150. The second kappa shape index (κ2) is 6.41. The van der Waals surface area contributed by atoms with E-state index in [1.807, 2.05) is 42.5 Å². The number of esters is 1. The Kier molecular flexibility index (Phi) is 3.93. The Balaban J connectivity index is 2.17. The molecule has 4 nitrogen and oxygen atoms in total. The van der Waals surface area contributed by atoms with Gasteiger partial charge in [-0.3, -0.25) is 4.79 Å². The van der Waals surface area contributed by atoms with Crippen molar-refractivity contribution in [2.24, 2.45) is 0 Å². The summed E-state index contributed by atoms with van der Waals surface area (Å²) in [5.74, 6) is -0.404. The van der Waals surface area contributed by atoms with Gasteiger partial charge < -0.3 is 4.74 Å². The van der Waals surface area contributed by atoms with Crippen LogP contribution in [0.5, 0.6) is 0 Å². The fourth-order valence-corrected chi connectivity index (χ4v) is 3.25. The maximum atomic E-state index is 12.4. The molecular formula is C22H15NO3. The van der Waals surface area contributed by atoms with E-state index >= 15 is 0 Å². The summed E-state index contributed by atoms with van der Waals surface area (Å²) in [5, 5.41) is 1.69. The number of carbonyl (C=O) groups is 2. The van der Waals surface area contributed by atoms with Crippen molar-refractivity contribution in [2.75, 3.05) is 7.11 Å². The first-order chi connectivity index (χ1) is 12.7. The van der Waals surface area contributed by atoms with Gasteiger partial charge in [0.25, 0.3) is 0 Å². The first-order valence-electron chi connectivity index (χ1n) is 8.18. The lowest BCUT2D eigenvalue weighted by Crippen LogP contribution is -2.03. The highest BCUT2D eigenvalue weighted by Crippen LogP contribution is 2.36. The van der Waals surface area contributed by atoms with E-state index in [1.165, 1.54) is 7.11 Å². The zero-order chi connectivity index (χ0) is 18.1. The molecule has 0 aliphatic rings. The molecule has 0 aliphatic carbocycles. The van der Waals surface area contributed by atoms with Gasteiger partial charge in [-0.05, 0) is 23.8 Å². The molecule has 0 atom stereocenters. The first-order valence-corrected chi connectivity index (χ1v) is 8.18. The molecule has 0 spiro atoms. The van der Waals surface area contributed by atoms with Gasteiger partial charge in [0.1, 0.15) is 6.29 Å². The van der Waals surface area contributed by atoms with Crippen LogP contribution in [0, 0.1) is 0 Å². The van der Waals surface area contributed by atoms with E-state index in [9.17, 15) is 9.59 Å². The van der Waals surface area contributed by atoms with E-state index in [0.717, 1.165) is 39.2 Å². The molecule has 126 valence electrons. The quantitative estimate of drug-likeness (QED) is 0.309. The topological polar surface area (TPSA) is 56.3 Å². The summed E-state index contributed by atoms with van der Waals surface area (Å²) in [7, 11) is 1.37. The van der Waals surface area contributed by atoms with Crippen molar-refractivity contribution in [3.63, 3.8) is 0 Å². The average molecular weight is 341 g/mol. The summed E-state index contributed by atoms with van der Waals surface area (Å²) < 4.78 is 4.97. The average Bonchev–Trinajstić information content (AvgIpc) is 2.71. The van der Waals surface area contributed by atoms with Crippen molar-refractivity contribution in [2.45, 2.75) is 0 Å². The van der Waals surface area contributed by atoms with Crippen LogP contribution in [0.1, 0.15) is 20.7 Å². The maximum absolute atomic E-state index is 12.4. The van der Waals surface area contributed by atoms with Crippen LogP contribution < -0.4 is 0 Å². The van der Waals surface area contributed by atoms with E-state index in [0.29, 0.717) is 11.1 Å². The summed E-state index contributed by atoms with van der Waals surface area (Å²) in [5.41, 5.74) is 4.46. The number of hydrogen-bond acceptors (Lipinski definition) is 4. The van der Waals surface area contributed by atoms with Crippen molar-refractivity contribution >= 4 is 34.1 Å². The van der Waals surface area contributed by atoms with Gasteiger partial charge in [0.05, 0.1) is 23.7 Å². The molecule has 4 heteroatoms.